The molecule has 0 unspecified atom stereocenters. The Bertz CT molecular complexity index is 267. The van der Waals surface area contributed by atoms with Crippen LogP contribution in [0.15, 0.2) is 0 Å². The van der Waals surface area contributed by atoms with Gasteiger partial charge in [0.2, 0.25) is 0 Å². The Morgan fingerprint density at radius 1 is 1.27 bits per heavy atom. The van der Waals surface area contributed by atoms with Gasteiger partial charge in [-0.25, -0.2) is 0 Å². The monoisotopic (exact) mass is 166 g/mol. The molecule has 0 amide bonds. The standard InChI is InChI=1S/C8H7O2P/c1-4-7-8-10-11(9,5-2)6-3/h1-3H,7-8H2. The van der Waals surface area contributed by atoms with E-state index in [4.69, 9.17) is 23.8 Å². The van der Waals surface area contributed by atoms with E-state index in [2.05, 4.69) is 5.92 Å². The van der Waals surface area contributed by atoms with Crippen molar-refractivity contribution < 1.29 is 9.09 Å². The molecule has 2 nitrogen and oxygen atoms in total. The molecule has 0 atom stereocenters. The smallest absolute Gasteiger partial charge is 0.310 e. The fourth-order valence-corrected chi connectivity index (χ4v) is 0.917. The van der Waals surface area contributed by atoms with Crippen LogP contribution < -0.4 is 0 Å². The summed E-state index contributed by atoms with van der Waals surface area (Å²) in [4.78, 5) is 0. The van der Waals surface area contributed by atoms with Gasteiger partial charge in [-0.2, -0.15) is 0 Å². The molecule has 11 heavy (non-hydrogen) atoms. The second-order valence-electron chi connectivity index (χ2n) is 1.60. The molecule has 0 aromatic rings. The van der Waals surface area contributed by atoms with Crippen molar-refractivity contribution in [2.75, 3.05) is 6.61 Å². The molecular formula is C8H7O2P. The van der Waals surface area contributed by atoms with E-state index < -0.39 is 7.37 Å². The molecule has 0 spiro atoms. The molecular weight excluding hydrogens is 159 g/mol. The van der Waals surface area contributed by atoms with Gasteiger partial charge in [0, 0.05) is 6.42 Å². The zero-order valence-corrected chi connectivity index (χ0v) is 6.80. The fourth-order valence-electron chi connectivity index (χ4n) is 0.345. The van der Waals surface area contributed by atoms with E-state index >= 15 is 0 Å². The van der Waals surface area contributed by atoms with Crippen molar-refractivity contribution in [1.29, 1.82) is 0 Å². The van der Waals surface area contributed by atoms with Gasteiger partial charge in [-0.05, 0) is 11.3 Å². The summed E-state index contributed by atoms with van der Waals surface area (Å²) in [7, 11) is -3.25. The summed E-state index contributed by atoms with van der Waals surface area (Å²) < 4.78 is 15.8. The Kier molecular flexibility index (Phi) is 4.17. The Morgan fingerprint density at radius 2 is 1.82 bits per heavy atom. The summed E-state index contributed by atoms with van der Waals surface area (Å²) in [5.74, 6) is 2.31. The number of hydrogen-bond donors (Lipinski definition) is 0. The molecule has 0 heterocycles. The van der Waals surface area contributed by atoms with Crippen molar-refractivity contribution in [3.05, 3.63) is 0 Å². The zero-order chi connectivity index (χ0) is 8.74. The maximum absolute atomic E-state index is 11.1. The second-order valence-corrected chi connectivity index (χ2v) is 3.47. The predicted octanol–water partition coefficient (Wildman–Crippen LogP) is 1.49. The third kappa shape index (κ3) is 3.54. The third-order valence-corrected chi connectivity index (χ3v) is 2.09. The van der Waals surface area contributed by atoms with E-state index in [1.807, 2.05) is 11.3 Å². The van der Waals surface area contributed by atoms with Gasteiger partial charge in [0.05, 0.1) is 6.61 Å². The lowest BCUT2D eigenvalue weighted by Gasteiger charge is -2.02. The van der Waals surface area contributed by atoms with Crippen LogP contribution in [0.4, 0.5) is 0 Å². The highest BCUT2D eigenvalue weighted by Crippen LogP contribution is 2.43. The van der Waals surface area contributed by atoms with E-state index in [0.29, 0.717) is 6.42 Å². The average molecular weight is 166 g/mol. The van der Waals surface area contributed by atoms with Gasteiger partial charge in [-0.1, -0.05) is 0 Å². The number of terminal acetylenes is 3. The average Bonchev–Trinajstić information content (AvgIpc) is 2.05. The van der Waals surface area contributed by atoms with Crippen molar-refractivity contribution in [2.45, 2.75) is 6.42 Å². The molecule has 0 aliphatic heterocycles. The van der Waals surface area contributed by atoms with Gasteiger partial charge in [-0.3, -0.25) is 4.57 Å². The first-order valence-electron chi connectivity index (χ1n) is 2.82. The lowest BCUT2D eigenvalue weighted by Crippen LogP contribution is -1.88. The molecule has 0 aliphatic carbocycles. The third-order valence-electron chi connectivity index (χ3n) is 0.859. The van der Waals surface area contributed by atoms with Gasteiger partial charge in [0.1, 0.15) is 0 Å². The Labute approximate surface area is 66.8 Å². The summed E-state index contributed by atoms with van der Waals surface area (Å²) in [6, 6.07) is 0. The molecule has 0 aromatic carbocycles. The molecule has 0 radical (unpaired) electrons. The van der Waals surface area contributed by atoms with Crippen LogP contribution in [0.2, 0.25) is 0 Å². The number of hydrogen-bond acceptors (Lipinski definition) is 2. The number of rotatable bonds is 3. The van der Waals surface area contributed by atoms with Crippen LogP contribution >= 0.6 is 7.37 Å². The first-order chi connectivity index (χ1) is 5.18. The van der Waals surface area contributed by atoms with Gasteiger partial charge < -0.3 is 4.52 Å². The minimum Gasteiger partial charge on any atom is -0.310 e. The lowest BCUT2D eigenvalue weighted by atomic mass is 10.5. The molecule has 0 saturated carbocycles. The van der Waals surface area contributed by atoms with E-state index in [1.165, 1.54) is 0 Å². The second kappa shape index (κ2) is 4.65. The van der Waals surface area contributed by atoms with Gasteiger partial charge >= 0.3 is 7.37 Å². The summed E-state index contributed by atoms with van der Waals surface area (Å²) in [6.07, 6.45) is 15.0. The van der Waals surface area contributed by atoms with Crippen LogP contribution in [0, 0.1) is 36.5 Å². The molecule has 56 valence electrons. The molecule has 0 rings (SSSR count). The van der Waals surface area contributed by atoms with Crippen LogP contribution in [-0.2, 0) is 9.09 Å². The zero-order valence-electron chi connectivity index (χ0n) is 5.91. The molecule has 0 aromatic heterocycles. The van der Waals surface area contributed by atoms with Gasteiger partial charge in [0.15, 0.2) is 0 Å². The first-order valence-corrected chi connectivity index (χ1v) is 4.45. The highest BCUT2D eigenvalue weighted by molar-refractivity contribution is 7.69. The Hall–Kier alpha value is -1.13. The topological polar surface area (TPSA) is 26.3 Å². The van der Waals surface area contributed by atoms with Crippen LogP contribution in [0.25, 0.3) is 0 Å². The Balaban J connectivity index is 3.98. The van der Waals surface area contributed by atoms with Crippen molar-refractivity contribution in [1.82, 2.24) is 0 Å². The normalized spacial score (nSPS) is 9.18. The van der Waals surface area contributed by atoms with Crippen molar-refractivity contribution in [3.63, 3.8) is 0 Å². The summed E-state index contributed by atoms with van der Waals surface area (Å²) in [6.45, 7) is 0.141. The van der Waals surface area contributed by atoms with Gasteiger partial charge in [-0.15, -0.1) is 25.2 Å². The summed E-state index contributed by atoms with van der Waals surface area (Å²) in [5, 5.41) is 0. The highest BCUT2D eigenvalue weighted by Gasteiger charge is 2.14. The van der Waals surface area contributed by atoms with E-state index in [-0.39, 0.29) is 6.61 Å². The molecule has 3 heteroatoms. The van der Waals surface area contributed by atoms with Crippen LogP contribution in [0.3, 0.4) is 0 Å². The molecule has 0 bridgehead atoms. The highest BCUT2D eigenvalue weighted by atomic mass is 31.2. The predicted molar refractivity (Wildman–Crippen MR) is 44.7 cm³/mol. The van der Waals surface area contributed by atoms with Crippen LogP contribution in [0.5, 0.6) is 0 Å². The van der Waals surface area contributed by atoms with Crippen LogP contribution in [0.1, 0.15) is 6.42 Å². The maximum atomic E-state index is 11.1. The van der Waals surface area contributed by atoms with E-state index in [1.54, 1.807) is 0 Å². The summed E-state index contributed by atoms with van der Waals surface area (Å²) in [5.41, 5.74) is 3.83. The maximum Gasteiger partial charge on any atom is 0.344 e. The molecule has 0 saturated heterocycles. The van der Waals surface area contributed by atoms with Gasteiger partial charge in [0.25, 0.3) is 0 Å². The SMILES string of the molecule is C#CCCOP(=O)(C#C)C#C. The Morgan fingerprint density at radius 3 is 2.18 bits per heavy atom. The lowest BCUT2D eigenvalue weighted by molar-refractivity contribution is 0.337. The van der Waals surface area contributed by atoms with Crippen LogP contribution in [-0.4, -0.2) is 6.61 Å². The molecule has 0 N–H and O–H groups in total. The molecule has 0 fully saturated rings. The first kappa shape index (κ1) is 9.87. The van der Waals surface area contributed by atoms with Crippen molar-refractivity contribution >= 4 is 7.37 Å². The fraction of sp³-hybridized carbons (Fsp3) is 0.250. The minimum atomic E-state index is -3.25. The minimum absolute atomic E-state index is 0.141. The van der Waals surface area contributed by atoms with E-state index in [9.17, 15) is 4.57 Å². The molecule has 0 aliphatic rings. The summed E-state index contributed by atoms with van der Waals surface area (Å²) >= 11 is 0. The van der Waals surface area contributed by atoms with E-state index in [0.717, 1.165) is 0 Å². The van der Waals surface area contributed by atoms with Crippen molar-refractivity contribution in [3.8, 4) is 36.5 Å². The van der Waals surface area contributed by atoms with Crippen molar-refractivity contribution in [2.24, 2.45) is 0 Å². The quantitative estimate of drug-likeness (QED) is 0.360. The largest absolute Gasteiger partial charge is 0.344 e.